The summed E-state index contributed by atoms with van der Waals surface area (Å²) in [5.74, 6) is 0.891. The van der Waals surface area contributed by atoms with Crippen LogP contribution in [0.2, 0.25) is 0 Å². The van der Waals surface area contributed by atoms with E-state index in [0.29, 0.717) is 12.7 Å². The molecule has 0 aliphatic carbocycles. The average Bonchev–Trinajstić information content (AvgIpc) is 2.34. The first-order chi connectivity index (χ1) is 8.87. The Hall–Kier alpha value is -1.27. The molecule has 6 heteroatoms. The SMILES string of the molecule is Cc1cnc(C#N)nc1N(CCPF)CC(C)(C)C. The lowest BCUT2D eigenvalue weighted by Crippen LogP contribution is -2.35. The molecule has 4 nitrogen and oxygen atoms in total. The third kappa shape index (κ3) is 5.08. The molecule has 0 bridgehead atoms. The maximum Gasteiger partial charge on any atom is 0.234 e. The molecule has 0 saturated carbocycles. The fraction of sp³-hybridized carbons (Fsp3) is 0.615. The molecule has 1 aromatic rings. The first kappa shape index (κ1) is 15.8. The first-order valence-electron chi connectivity index (χ1n) is 6.19. The van der Waals surface area contributed by atoms with Gasteiger partial charge >= 0.3 is 0 Å². The normalized spacial score (nSPS) is 11.8. The van der Waals surface area contributed by atoms with Gasteiger partial charge in [-0.3, -0.25) is 0 Å². The second-order valence-corrected chi connectivity index (χ2v) is 6.45. The minimum atomic E-state index is -0.574. The van der Waals surface area contributed by atoms with Gasteiger partial charge in [0.15, 0.2) is 0 Å². The molecule has 0 aliphatic heterocycles. The minimum absolute atomic E-state index is 0.0730. The third-order valence-corrected chi connectivity index (χ3v) is 2.90. The molecule has 0 saturated heterocycles. The molecule has 0 N–H and O–H groups in total. The van der Waals surface area contributed by atoms with Crippen molar-refractivity contribution in [3.05, 3.63) is 17.6 Å². The summed E-state index contributed by atoms with van der Waals surface area (Å²) in [6, 6.07) is 1.95. The summed E-state index contributed by atoms with van der Waals surface area (Å²) in [4.78, 5) is 10.3. The second kappa shape index (κ2) is 6.77. The van der Waals surface area contributed by atoms with E-state index in [2.05, 4.69) is 30.7 Å². The van der Waals surface area contributed by atoms with Crippen LogP contribution in [0.3, 0.4) is 0 Å². The summed E-state index contributed by atoms with van der Waals surface area (Å²) in [6.45, 7) is 9.65. The van der Waals surface area contributed by atoms with E-state index in [9.17, 15) is 4.20 Å². The Morgan fingerprint density at radius 2 is 2.16 bits per heavy atom. The zero-order valence-corrected chi connectivity index (χ0v) is 12.9. The van der Waals surface area contributed by atoms with Crippen molar-refractivity contribution in [3.8, 4) is 6.07 Å². The van der Waals surface area contributed by atoms with Crippen molar-refractivity contribution < 1.29 is 4.20 Å². The van der Waals surface area contributed by atoms with Gasteiger partial charge in [0, 0.05) is 31.0 Å². The van der Waals surface area contributed by atoms with Crippen molar-refractivity contribution in [2.24, 2.45) is 5.41 Å². The highest BCUT2D eigenvalue weighted by Crippen LogP contribution is 2.24. The van der Waals surface area contributed by atoms with Gasteiger partial charge < -0.3 is 4.90 Å². The van der Waals surface area contributed by atoms with E-state index in [0.717, 1.165) is 17.9 Å². The van der Waals surface area contributed by atoms with Crippen LogP contribution in [0.4, 0.5) is 10.0 Å². The Kier molecular flexibility index (Phi) is 5.62. The van der Waals surface area contributed by atoms with E-state index in [-0.39, 0.29) is 11.2 Å². The van der Waals surface area contributed by atoms with Gasteiger partial charge in [0.25, 0.3) is 0 Å². The van der Waals surface area contributed by atoms with Gasteiger partial charge in [-0.15, -0.1) is 0 Å². The summed E-state index contributed by atoms with van der Waals surface area (Å²) < 4.78 is 12.5. The molecule has 0 aromatic carbocycles. The van der Waals surface area contributed by atoms with E-state index >= 15 is 0 Å². The van der Waals surface area contributed by atoms with Gasteiger partial charge in [-0.1, -0.05) is 20.8 Å². The van der Waals surface area contributed by atoms with Gasteiger partial charge in [0.2, 0.25) is 5.82 Å². The summed E-state index contributed by atoms with van der Waals surface area (Å²) in [7, 11) is -0.574. The number of aryl methyl sites for hydroxylation is 1. The number of hydrogen-bond acceptors (Lipinski definition) is 4. The van der Waals surface area contributed by atoms with Crippen molar-refractivity contribution in [2.45, 2.75) is 27.7 Å². The maximum absolute atomic E-state index is 12.5. The minimum Gasteiger partial charge on any atom is -0.355 e. The Labute approximate surface area is 116 Å². The van der Waals surface area contributed by atoms with Crippen LogP contribution in [-0.4, -0.2) is 29.2 Å². The summed E-state index contributed by atoms with van der Waals surface area (Å²) in [5.41, 5.74) is 0.981. The zero-order chi connectivity index (χ0) is 14.5. The molecule has 1 unspecified atom stereocenters. The van der Waals surface area contributed by atoms with E-state index in [4.69, 9.17) is 5.26 Å². The zero-order valence-electron chi connectivity index (χ0n) is 11.9. The molecule has 19 heavy (non-hydrogen) atoms. The lowest BCUT2D eigenvalue weighted by atomic mass is 9.96. The van der Waals surface area contributed by atoms with Crippen LogP contribution in [0.5, 0.6) is 0 Å². The molecule has 0 aliphatic rings. The number of hydrogen-bond donors (Lipinski definition) is 0. The lowest BCUT2D eigenvalue weighted by molar-refractivity contribution is 0.411. The van der Waals surface area contributed by atoms with Gasteiger partial charge in [-0.05, 0) is 12.3 Å². The predicted molar refractivity (Wildman–Crippen MR) is 77.4 cm³/mol. The van der Waals surface area contributed by atoms with Gasteiger partial charge in [-0.2, -0.15) is 5.26 Å². The second-order valence-electron chi connectivity index (χ2n) is 5.68. The Bertz CT molecular complexity index is 465. The van der Waals surface area contributed by atoms with Gasteiger partial charge in [-0.25, -0.2) is 14.2 Å². The maximum atomic E-state index is 12.5. The summed E-state index contributed by atoms with van der Waals surface area (Å²) >= 11 is 0. The Balaban J connectivity index is 3.05. The smallest absolute Gasteiger partial charge is 0.234 e. The largest absolute Gasteiger partial charge is 0.355 e. The van der Waals surface area contributed by atoms with Crippen molar-refractivity contribution in [2.75, 3.05) is 24.2 Å². The number of halogens is 1. The molecule has 1 atom stereocenters. The molecule has 0 fully saturated rings. The lowest BCUT2D eigenvalue weighted by Gasteiger charge is -2.31. The Morgan fingerprint density at radius 3 is 2.68 bits per heavy atom. The van der Waals surface area contributed by atoms with Crippen molar-refractivity contribution >= 4 is 14.7 Å². The molecular formula is C13H20FN4P. The van der Waals surface area contributed by atoms with Gasteiger partial charge in [0.1, 0.15) is 11.9 Å². The van der Waals surface area contributed by atoms with Crippen molar-refractivity contribution in [1.82, 2.24) is 9.97 Å². The van der Waals surface area contributed by atoms with E-state index < -0.39 is 8.89 Å². The van der Waals surface area contributed by atoms with Crippen LogP contribution < -0.4 is 4.90 Å². The van der Waals surface area contributed by atoms with Crippen molar-refractivity contribution in [1.29, 1.82) is 5.26 Å². The quantitative estimate of drug-likeness (QED) is 0.779. The van der Waals surface area contributed by atoms with Crippen LogP contribution in [0.15, 0.2) is 6.20 Å². The molecule has 104 valence electrons. The number of anilines is 1. The van der Waals surface area contributed by atoms with Crippen LogP contribution in [0.1, 0.15) is 32.2 Å². The number of rotatable bonds is 5. The van der Waals surface area contributed by atoms with Gasteiger partial charge in [0.05, 0.1) is 8.89 Å². The molecule has 0 radical (unpaired) electrons. The molecule has 1 rings (SSSR count). The highest BCUT2D eigenvalue weighted by Gasteiger charge is 2.19. The number of aromatic nitrogens is 2. The Morgan fingerprint density at radius 1 is 1.47 bits per heavy atom. The topological polar surface area (TPSA) is 52.8 Å². The van der Waals surface area contributed by atoms with Crippen LogP contribution in [-0.2, 0) is 0 Å². The molecule has 0 amide bonds. The number of nitrogens with zero attached hydrogens (tertiary/aromatic N) is 4. The molecule has 1 heterocycles. The fourth-order valence-corrected chi connectivity index (χ4v) is 2.17. The monoisotopic (exact) mass is 282 g/mol. The van der Waals surface area contributed by atoms with E-state index in [1.807, 2.05) is 17.9 Å². The van der Waals surface area contributed by atoms with E-state index in [1.165, 1.54) is 0 Å². The highest BCUT2D eigenvalue weighted by molar-refractivity contribution is 7.31. The van der Waals surface area contributed by atoms with Crippen molar-refractivity contribution in [3.63, 3.8) is 0 Å². The highest BCUT2D eigenvalue weighted by atomic mass is 31.1. The molecule has 1 aromatic heterocycles. The number of nitriles is 1. The molecular weight excluding hydrogens is 262 g/mol. The standard InChI is InChI=1S/C13H20FN4P/c1-10-8-16-11(7-15)17-12(10)18(5-6-19-14)9-13(2,3)4/h8,19H,5-6,9H2,1-4H3. The first-order valence-corrected chi connectivity index (χ1v) is 7.28. The van der Waals surface area contributed by atoms with Crippen LogP contribution in [0, 0.1) is 23.7 Å². The third-order valence-electron chi connectivity index (χ3n) is 2.49. The summed E-state index contributed by atoms with van der Waals surface area (Å²) in [5, 5.41) is 8.89. The van der Waals surface area contributed by atoms with Crippen LogP contribution >= 0.6 is 8.89 Å². The summed E-state index contributed by atoms with van der Waals surface area (Å²) in [6.07, 6.45) is 2.13. The molecule has 0 spiro atoms. The van der Waals surface area contributed by atoms with Crippen LogP contribution in [0.25, 0.3) is 0 Å². The van der Waals surface area contributed by atoms with E-state index in [1.54, 1.807) is 6.20 Å². The average molecular weight is 282 g/mol. The predicted octanol–water partition coefficient (Wildman–Crippen LogP) is 3.07. The fourth-order valence-electron chi connectivity index (χ4n) is 1.82.